The predicted octanol–water partition coefficient (Wildman–Crippen LogP) is 5.02. The Bertz CT molecular complexity index is 895. The monoisotopic (exact) mass is 363 g/mol. The van der Waals surface area contributed by atoms with E-state index < -0.39 is 0 Å². The Kier molecular flexibility index (Phi) is 5.81. The van der Waals surface area contributed by atoms with Crippen molar-refractivity contribution in [3.63, 3.8) is 0 Å². The van der Waals surface area contributed by atoms with Crippen LogP contribution in [0.15, 0.2) is 72.9 Å². The van der Waals surface area contributed by atoms with E-state index >= 15 is 0 Å². The summed E-state index contributed by atoms with van der Waals surface area (Å²) in [4.78, 5) is 19.1. The molecule has 0 radical (unpaired) electrons. The molecule has 0 aliphatic carbocycles. The van der Waals surface area contributed by atoms with Gasteiger partial charge in [0.25, 0.3) is 5.91 Å². The Labute approximate surface area is 158 Å². The van der Waals surface area contributed by atoms with Crippen LogP contribution in [-0.2, 0) is 6.54 Å². The summed E-state index contributed by atoms with van der Waals surface area (Å²) >= 11 is 0. The van der Waals surface area contributed by atoms with Gasteiger partial charge in [0, 0.05) is 30.2 Å². The molecule has 27 heavy (non-hydrogen) atoms. The lowest BCUT2D eigenvalue weighted by molar-refractivity contribution is 0.0684. The van der Waals surface area contributed by atoms with Crippen LogP contribution in [0.1, 0.15) is 29.9 Å². The van der Waals surface area contributed by atoms with Crippen LogP contribution >= 0.6 is 0 Å². The van der Waals surface area contributed by atoms with Crippen LogP contribution in [0.25, 0.3) is 0 Å². The van der Waals surface area contributed by atoms with Crippen molar-refractivity contribution in [3.8, 4) is 0 Å². The number of rotatable bonds is 6. The van der Waals surface area contributed by atoms with Crippen LogP contribution in [-0.4, -0.2) is 21.8 Å². The fraction of sp³-hybridized carbons (Fsp3) is 0.182. The number of carbonyl (C=O) groups is 1. The van der Waals surface area contributed by atoms with Gasteiger partial charge in [0.1, 0.15) is 11.5 Å². The maximum absolute atomic E-state index is 13.1. The average molecular weight is 363 g/mol. The fourth-order valence-electron chi connectivity index (χ4n) is 2.74. The SMILES string of the molecule is CC(C)N(Cc1ccccc1)C(=O)c1cc(Nc2ccc(F)cc2)ccn1. The number of amides is 1. The number of nitrogens with one attached hydrogen (secondary N) is 1. The van der Waals surface area contributed by atoms with Gasteiger partial charge in [-0.2, -0.15) is 0 Å². The Balaban J connectivity index is 1.79. The maximum atomic E-state index is 13.1. The molecule has 3 aromatic rings. The Morgan fingerprint density at radius 2 is 1.74 bits per heavy atom. The van der Waals surface area contributed by atoms with E-state index in [9.17, 15) is 9.18 Å². The third-order valence-corrected chi connectivity index (χ3v) is 4.19. The summed E-state index contributed by atoms with van der Waals surface area (Å²) in [6.45, 7) is 4.50. The Hall–Kier alpha value is -3.21. The standard InChI is InChI=1S/C22H22FN3O/c1-16(2)26(15-17-6-4-3-5-7-17)22(27)21-14-20(12-13-24-21)25-19-10-8-18(23)9-11-19/h3-14,16H,15H2,1-2H3,(H,24,25). The van der Waals surface area contributed by atoms with Gasteiger partial charge < -0.3 is 10.2 Å². The van der Waals surface area contributed by atoms with Gasteiger partial charge in [0.2, 0.25) is 0 Å². The number of benzene rings is 2. The predicted molar refractivity (Wildman–Crippen MR) is 105 cm³/mol. The minimum atomic E-state index is -0.292. The van der Waals surface area contributed by atoms with E-state index in [1.54, 1.807) is 35.4 Å². The van der Waals surface area contributed by atoms with E-state index in [1.165, 1.54) is 12.1 Å². The summed E-state index contributed by atoms with van der Waals surface area (Å²) in [6, 6.07) is 19.5. The van der Waals surface area contributed by atoms with Gasteiger partial charge in [0.15, 0.2) is 0 Å². The van der Waals surface area contributed by atoms with Crippen molar-refractivity contribution in [2.45, 2.75) is 26.4 Å². The van der Waals surface area contributed by atoms with Gasteiger partial charge in [-0.3, -0.25) is 9.78 Å². The molecular weight excluding hydrogens is 341 g/mol. The van der Waals surface area contributed by atoms with Crippen molar-refractivity contribution in [3.05, 3.63) is 90.0 Å². The minimum Gasteiger partial charge on any atom is -0.355 e. The van der Waals surface area contributed by atoms with Gasteiger partial charge in [-0.05, 0) is 55.8 Å². The summed E-state index contributed by atoms with van der Waals surface area (Å²) < 4.78 is 13.1. The smallest absolute Gasteiger partial charge is 0.273 e. The number of halogens is 1. The molecular formula is C22H22FN3O. The highest BCUT2D eigenvalue weighted by atomic mass is 19.1. The lowest BCUT2D eigenvalue weighted by Gasteiger charge is -2.26. The zero-order chi connectivity index (χ0) is 19.2. The molecule has 0 spiro atoms. The third-order valence-electron chi connectivity index (χ3n) is 4.19. The van der Waals surface area contributed by atoms with Gasteiger partial charge in [0.05, 0.1) is 0 Å². The highest BCUT2D eigenvalue weighted by Crippen LogP contribution is 2.19. The van der Waals surface area contributed by atoms with Gasteiger partial charge in [-0.1, -0.05) is 30.3 Å². The molecule has 0 saturated carbocycles. The lowest BCUT2D eigenvalue weighted by atomic mass is 10.1. The molecule has 1 heterocycles. The minimum absolute atomic E-state index is 0.0354. The van der Waals surface area contributed by atoms with Crippen molar-refractivity contribution in [2.24, 2.45) is 0 Å². The molecule has 5 heteroatoms. The molecule has 138 valence electrons. The Morgan fingerprint density at radius 3 is 2.41 bits per heavy atom. The quantitative estimate of drug-likeness (QED) is 0.669. The van der Waals surface area contributed by atoms with E-state index in [1.807, 2.05) is 44.2 Å². The summed E-state index contributed by atoms with van der Waals surface area (Å²) in [5.74, 6) is -0.420. The Morgan fingerprint density at radius 1 is 1.04 bits per heavy atom. The van der Waals surface area contributed by atoms with Crippen LogP contribution < -0.4 is 5.32 Å². The van der Waals surface area contributed by atoms with Gasteiger partial charge in [-0.25, -0.2) is 4.39 Å². The topological polar surface area (TPSA) is 45.2 Å². The molecule has 1 N–H and O–H groups in total. The molecule has 1 amide bonds. The molecule has 0 bridgehead atoms. The molecule has 1 aromatic heterocycles. The largest absolute Gasteiger partial charge is 0.355 e. The summed E-state index contributed by atoms with van der Waals surface area (Å²) in [7, 11) is 0. The number of aromatic nitrogens is 1. The van der Waals surface area contributed by atoms with Gasteiger partial charge >= 0.3 is 0 Å². The van der Waals surface area contributed by atoms with E-state index in [2.05, 4.69) is 10.3 Å². The van der Waals surface area contributed by atoms with E-state index in [0.717, 1.165) is 16.9 Å². The third kappa shape index (κ3) is 4.91. The highest BCUT2D eigenvalue weighted by molar-refractivity contribution is 5.93. The molecule has 0 fully saturated rings. The van der Waals surface area contributed by atoms with Crippen LogP contribution in [0.4, 0.5) is 15.8 Å². The molecule has 2 aromatic carbocycles. The molecule has 3 rings (SSSR count). The number of carbonyl (C=O) groups excluding carboxylic acids is 1. The number of nitrogens with zero attached hydrogens (tertiary/aromatic N) is 2. The van der Waals surface area contributed by atoms with Crippen molar-refractivity contribution in [1.82, 2.24) is 9.88 Å². The second-order valence-electron chi connectivity index (χ2n) is 6.57. The molecule has 0 atom stereocenters. The first-order chi connectivity index (χ1) is 13.0. The zero-order valence-corrected chi connectivity index (χ0v) is 15.4. The molecule has 0 saturated heterocycles. The van der Waals surface area contributed by atoms with Crippen LogP contribution in [0.5, 0.6) is 0 Å². The number of hydrogen-bond donors (Lipinski definition) is 1. The summed E-state index contributed by atoms with van der Waals surface area (Å²) in [5, 5.41) is 3.17. The number of pyridine rings is 1. The van der Waals surface area contributed by atoms with Crippen molar-refractivity contribution in [1.29, 1.82) is 0 Å². The molecule has 4 nitrogen and oxygen atoms in total. The first kappa shape index (κ1) is 18.6. The first-order valence-corrected chi connectivity index (χ1v) is 8.86. The second kappa shape index (κ2) is 8.45. The normalized spacial score (nSPS) is 10.7. The lowest BCUT2D eigenvalue weighted by Crippen LogP contribution is -2.36. The van der Waals surface area contributed by atoms with E-state index in [-0.39, 0.29) is 17.8 Å². The number of anilines is 2. The first-order valence-electron chi connectivity index (χ1n) is 8.86. The second-order valence-corrected chi connectivity index (χ2v) is 6.57. The van der Waals surface area contributed by atoms with E-state index in [4.69, 9.17) is 0 Å². The summed E-state index contributed by atoms with van der Waals surface area (Å²) in [5.41, 5.74) is 2.90. The van der Waals surface area contributed by atoms with Crippen molar-refractivity contribution >= 4 is 17.3 Å². The maximum Gasteiger partial charge on any atom is 0.273 e. The van der Waals surface area contributed by atoms with Crippen LogP contribution in [0, 0.1) is 5.82 Å². The van der Waals surface area contributed by atoms with Gasteiger partial charge in [-0.15, -0.1) is 0 Å². The highest BCUT2D eigenvalue weighted by Gasteiger charge is 2.20. The molecule has 0 aliphatic rings. The van der Waals surface area contributed by atoms with Crippen LogP contribution in [0.2, 0.25) is 0 Å². The molecule has 0 aliphatic heterocycles. The average Bonchev–Trinajstić information content (AvgIpc) is 2.68. The summed E-state index contributed by atoms with van der Waals surface area (Å²) in [6.07, 6.45) is 1.60. The fourth-order valence-corrected chi connectivity index (χ4v) is 2.74. The molecule has 0 unspecified atom stereocenters. The van der Waals surface area contributed by atoms with Crippen LogP contribution in [0.3, 0.4) is 0 Å². The number of hydrogen-bond acceptors (Lipinski definition) is 3. The van der Waals surface area contributed by atoms with Crippen molar-refractivity contribution < 1.29 is 9.18 Å². The van der Waals surface area contributed by atoms with Crippen molar-refractivity contribution in [2.75, 3.05) is 5.32 Å². The van der Waals surface area contributed by atoms with E-state index in [0.29, 0.717) is 12.2 Å². The zero-order valence-electron chi connectivity index (χ0n) is 15.4.